The number of carbonyl (C=O) groups is 2. The monoisotopic (exact) mass is 445 g/mol. The van der Waals surface area contributed by atoms with E-state index >= 15 is 0 Å². The van der Waals surface area contributed by atoms with Crippen molar-refractivity contribution >= 4 is 23.1 Å². The SMILES string of the molecule is CCCOc1cccc(/C(O)=C2\C(=O)C(=O)N(c3ccc(F)cc3)C2c2ccccc2C)c1. The number of amides is 1. The minimum Gasteiger partial charge on any atom is -0.507 e. The molecule has 1 aliphatic rings. The number of aliphatic hydroxyl groups excluding tert-OH is 1. The van der Waals surface area contributed by atoms with Crippen molar-refractivity contribution in [3.63, 3.8) is 0 Å². The molecule has 1 heterocycles. The predicted octanol–water partition coefficient (Wildman–Crippen LogP) is 5.55. The zero-order chi connectivity index (χ0) is 23.5. The number of nitrogens with zero attached hydrogens (tertiary/aromatic N) is 1. The van der Waals surface area contributed by atoms with E-state index in [1.54, 1.807) is 24.3 Å². The summed E-state index contributed by atoms with van der Waals surface area (Å²) in [5, 5.41) is 11.3. The van der Waals surface area contributed by atoms with Gasteiger partial charge in [-0.15, -0.1) is 0 Å². The van der Waals surface area contributed by atoms with E-state index in [0.717, 1.165) is 12.0 Å². The number of carbonyl (C=O) groups excluding carboxylic acids is 2. The molecule has 0 bridgehead atoms. The number of Topliss-reactive ketones (excluding diaryl/α,β-unsaturated/α-hetero) is 1. The van der Waals surface area contributed by atoms with E-state index in [9.17, 15) is 19.1 Å². The molecule has 1 N–H and O–H groups in total. The molecule has 1 aliphatic heterocycles. The molecule has 0 aliphatic carbocycles. The number of ketones is 1. The number of hydrogen-bond donors (Lipinski definition) is 1. The van der Waals surface area contributed by atoms with Gasteiger partial charge in [0.05, 0.1) is 18.2 Å². The number of halogens is 1. The number of anilines is 1. The van der Waals surface area contributed by atoms with E-state index in [4.69, 9.17) is 4.74 Å². The van der Waals surface area contributed by atoms with Gasteiger partial charge in [0.2, 0.25) is 0 Å². The molecule has 168 valence electrons. The van der Waals surface area contributed by atoms with Crippen molar-refractivity contribution in [2.45, 2.75) is 26.3 Å². The Morgan fingerprint density at radius 1 is 1.03 bits per heavy atom. The lowest BCUT2D eigenvalue weighted by atomic mass is 9.92. The summed E-state index contributed by atoms with van der Waals surface area (Å²) in [6, 6.07) is 18.7. The van der Waals surface area contributed by atoms with E-state index in [1.807, 2.05) is 38.1 Å². The van der Waals surface area contributed by atoms with Crippen molar-refractivity contribution in [1.82, 2.24) is 0 Å². The Balaban J connectivity index is 1.90. The van der Waals surface area contributed by atoms with Gasteiger partial charge in [-0.25, -0.2) is 4.39 Å². The van der Waals surface area contributed by atoms with Gasteiger partial charge in [-0.2, -0.15) is 0 Å². The minimum absolute atomic E-state index is 0.0220. The van der Waals surface area contributed by atoms with Crippen LogP contribution in [0, 0.1) is 12.7 Å². The van der Waals surface area contributed by atoms with Gasteiger partial charge in [0.25, 0.3) is 11.7 Å². The fourth-order valence-corrected chi connectivity index (χ4v) is 4.00. The maximum atomic E-state index is 13.6. The Kier molecular flexibility index (Phi) is 6.27. The largest absolute Gasteiger partial charge is 0.507 e. The molecule has 1 saturated heterocycles. The number of ether oxygens (including phenoxy) is 1. The molecule has 1 amide bonds. The third-order valence-corrected chi connectivity index (χ3v) is 5.61. The average molecular weight is 445 g/mol. The van der Waals surface area contributed by atoms with Crippen LogP contribution in [0.3, 0.4) is 0 Å². The van der Waals surface area contributed by atoms with Gasteiger partial charge in [-0.05, 0) is 60.9 Å². The Labute approximate surface area is 191 Å². The molecule has 1 fully saturated rings. The molecule has 33 heavy (non-hydrogen) atoms. The average Bonchev–Trinajstić information content (AvgIpc) is 3.08. The second-order valence-electron chi connectivity index (χ2n) is 7.88. The van der Waals surface area contributed by atoms with E-state index in [2.05, 4.69) is 0 Å². The molecular formula is C27H24FNO4. The number of hydrogen-bond acceptors (Lipinski definition) is 4. The lowest BCUT2D eigenvalue weighted by molar-refractivity contribution is -0.132. The topological polar surface area (TPSA) is 66.8 Å². The van der Waals surface area contributed by atoms with Gasteiger partial charge >= 0.3 is 0 Å². The van der Waals surface area contributed by atoms with Gasteiger partial charge in [0.15, 0.2) is 0 Å². The molecule has 0 radical (unpaired) electrons. The molecule has 0 aromatic heterocycles. The minimum atomic E-state index is -0.864. The van der Waals surface area contributed by atoms with Crippen LogP contribution in [0.5, 0.6) is 5.75 Å². The molecule has 6 heteroatoms. The zero-order valence-electron chi connectivity index (χ0n) is 18.4. The molecule has 0 saturated carbocycles. The first-order chi connectivity index (χ1) is 15.9. The van der Waals surface area contributed by atoms with Crippen molar-refractivity contribution in [1.29, 1.82) is 0 Å². The third kappa shape index (κ3) is 4.24. The summed E-state index contributed by atoms with van der Waals surface area (Å²) >= 11 is 0. The molecule has 4 rings (SSSR count). The van der Waals surface area contributed by atoms with E-state index in [0.29, 0.717) is 29.2 Å². The highest BCUT2D eigenvalue weighted by Gasteiger charge is 2.47. The number of benzene rings is 3. The highest BCUT2D eigenvalue weighted by molar-refractivity contribution is 6.51. The quantitative estimate of drug-likeness (QED) is 0.307. The summed E-state index contributed by atoms with van der Waals surface area (Å²) in [5.74, 6) is -1.76. The Hall–Kier alpha value is -3.93. The van der Waals surface area contributed by atoms with Crippen LogP contribution >= 0.6 is 0 Å². The van der Waals surface area contributed by atoms with Gasteiger partial charge in [-0.3, -0.25) is 14.5 Å². The molecule has 5 nitrogen and oxygen atoms in total. The second kappa shape index (κ2) is 9.28. The van der Waals surface area contributed by atoms with E-state index in [1.165, 1.54) is 29.2 Å². The molecule has 1 unspecified atom stereocenters. The van der Waals surface area contributed by atoms with Crippen molar-refractivity contribution < 1.29 is 23.8 Å². The van der Waals surface area contributed by atoms with Gasteiger partial charge in [-0.1, -0.05) is 43.3 Å². The van der Waals surface area contributed by atoms with Crippen LogP contribution < -0.4 is 9.64 Å². The number of aryl methyl sites for hydroxylation is 1. The lowest BCUT2D eigenvalue weighted by Crippen LogP contribution is -2.29. The first kappa shape index (κ1) is 22.3. The Morgan fingerprint density at radius 3 is 2.45 bits per heavy atom. The summed E-state index contributed by atoms with van der Waals surface area (Å²) in [5.41, 5.74) is 2.26. The van der Waals surface area contributed by atoms with Crippen LogP contribution in [-0.4, -0.2) is 23.4 Å². The van der Waals surface area contributed by atoms with Crippen molar-refractivity contribution in [2.24, 2.45) is 0 Å². The zero-order valence-corrected chi connectivity index (χ0v) is 18.4. The Morgan fingerprint density at radius 2 is 1.76 bits per heavy atom. The fraction of sp³-hybridized carbons (Fsp3) is 0.185. The van der Waals surface area contributed by atoms with Crippen LogP contribution in [-0.2, 0) is 9.59 Å². The fourth-order valence-electron chi connectivity index (χ4n) is 4.00. The molecule has 3 aromatic carbocycles. The summed E-state index contributed by atoms with van der Waals surface area (Å²) in [6.45, 7) is 4.38. The van der Waals surface area contributed by atoms with Crippen LogP contribution in [0.4, 0.5) is 10.1 Å². The molecular weight excluding hydrogens is 421 g/mol. The Bertz CT molecular complexity index is 1230. The molecule has 3 aromatic rings. The van der Waals surface area contributed by atoms with Crippen LogP contribution in [0.15, 0.2) is 78.4 Å². The van der Waals surface area contributed by atoms with Crippen molar-refractivity contribution in [2.75, 3.05) is 11.5 Å². The molecule has 0 spiro atoms. The van der Waals surface area contributed by atoms with Gasteiger partial charge in [0, 0.05) is 11.3 Å². The lowest BCUT2D eigenvalue weighted by Gasteiger charge is -2.26. The van der Waals surface area contributed by atoms with E-state index < -0.39 is 23.5 Å². The van der Waals surface area contributed by atoms with Crippen molar-refractivity contribution in [3.05, 3.63) is 101 Å². The predicted molar refractivity (Wildman–Crippen MR) is 125 cm³/mol. The number of aliphatic hydroxyl groups is 1. The molecule has 1 atom stereocenters. The van der Waals surface area contributed by atoms with E-state index in [-0.39, 0.29) is 11.3 Å². The summed E-state index contributed by atoms with van der Waals surface area (Å²) in [6.07, 6.45) is 0.826. The smallest absolute Gasteiger partial charge is 0.300 e. The van der Waals surface area contributed by atoms with Crippen molar-refractivity contribution in [3.8, 4) is 5.75 Å². The summed E-state index contributed by atoms with van der Waals surface area (Å²) in [7, 11) is 0. The maximum Gasteiger partial charge on any atom is 0.300 e. The standard InChI is InChI=1S/C27H24FNO4/c1-3-15-33-21-9-6-8-18(16-21)25(30)23-24(22-10-5-4-7-17(22)2)29(27(32)26(23)31)20-13-11-19(28)12-14-20/h4-14,16,24,30H,3,15H2,1-2H3/b25-23+. The first-order valence-corrected chi connectivity index (χ1v) is 10.8. The highest BCUT2D eigenvalue weighted by atomic mass is 19.1. The van der Waals surface area contributed by atoms with Crippen LogP contribution in [0.1, 0.15) is 36.1 Å². The van der Waals surface area contributed by atoms with Gasteiger partial charge < -0.3 is 9.84 Å². The maximum absolute atomic E-state index is 13.6. The number of rotatable bonds is 6. The van der Waals surface area contributed by atoms with Crippen LogP contribution in [0.2, 0.25) is 0 Å². The normalized spacial score (nSPS) is 17.4. The highest BCUT2D eigenvalue weighted by Crippen LogP contribution is 2.43. The first-order valence-electron chi connectivity index (χ1n) is 10.8. The third-order valence-electron chi connectivity index (χ3n) is 5.61. The summed E-state index contributed by atoms with van der Waals surface area (Å²) in [4.78, 5) is 27.7. The second-order valence-corrected chi connectivity index (χ2v) is 7.88. The van der Waals surface area contributed by atoms with Crippen LogP contribution in [0.25, 0.3) is 5.76 Å². The van der Waals surface area contributed by atoms with Gasteiger partial charge in [0.1, 0.15) is 17.3 Å². The summed E-state index contributed by atoms with van der Waals surface area (Å²) < 4.78 is 19.2.